The Morgan fingerprint density at radius 1 is 1.00 bits per heavy atom. The fourth-order valence-corrected chi connectivity index (χ4v) is 4.18. The summed E-state index contributed by atoms with van der Waals surface area (Å²) < 4.78 is 1.62. The maximum Gasteiger partial charge on any atom is 0.271 e. The summed E-state index contributed by atoms with van der Waals surface area (Å²) in [7, 11) is 0. The Labute approximate surface area is 152 Å². The molecule has 2 aromatic carbocycles. The molecule has 3 aromatic rings. The molecule has 1 aromatic heterocycles. The highest BCUT2D eigenvalue weighted by Crippen LogP contribution is 2.35. The Kier molecular flexibility index (Phi) is 3.58. The van der Waals surface area contributed by atoms with Crippen molar-refractivity contribution >= 4 is 38.5 Å². The van der Waals surface area contributed by atoms with E-state index in [1.165, 1.54) is 4.90 Å². The molecule has 0 saturated heterocycles. The van der Waals surface area contributed by atoms with E-state index in [9.17, 15) is 14.8 Å². The second-order valence-electron chi connectivity index (χ2n) is 5.96. The van der Waals surface area contributed by atoms with E-state index in [0.29, 0.717) is 21.3 Å². The van der Waals surface area contributed by atoms with Crippen LogP contribution < -0.4 is 4.73 Å². The predicted molar refractivity (Wildman–Crippen MR) is 94.4 cm³/mol. The first-order chi connectivity index (χ1) is 12.0. The minimum Gasteiger partial charge on any atom is -0.285 e. The zero-order valence-corrected chi connectivity index (χ0v) is 14.9. The first-order valence-electron chi connectivity index (χ1n) is 7.79. The van der Waals surface area contributed by atoms with Gasteiger partial charge in [-0.1, -0.05) is 30.3 Å². The van der Waals surface area contributed by atoms with Gasteiger partial charge >= 0.3 is 0 Å². The van der Waals surface area contributed by atoms with Gasteiger partial charge in [-0.25, -0.2) is 0 Å². The molecular weight excluding hydrogens is 384 g/mol. The predicted octanol–water partition coefficient (Wildman–Crippen LogP) is 3.48. The number of imide groups is 1. The summed E-state index contributed by atoms with van der Waals surface area (Å²) in [5, 5.41) is 12.2. The molecule has 25 heavy (non-hydrogen) atoms. The van der Waals surface area contributed by atoms with Crippen LogP contribution in [0, 0.1) is 0 Å². The average molecular weight is 398 g/mol. The highest BCUT2D eigenvalue weighted by molar-refractivity contribution is 9.10. The van der Waals surface area contributed by atoms with E-state index in [4.69, 9.17) is 0 Å². The van der Waals surface area contributed by atoms with E-state index >= 15 is 0 Å². The molecule has 0 radical (unpaired) electrons. The highest BCUT2D eigenvalue weighted by Gasteiger charge is 2.42. The quantitative estimate of drug-likeness (QED) is 0.409. The number of hydrogen-bond acceptors (Lipinski definition) is 3. The molecule has 124 valence electrons. The Hall–Kier alpha value is -2.73. The number of rotatable bonds is 2. The van der Waals surface area contributed by atoms with E-state index in [0.717, 1.165) is 15.5 Å². The van der Waals surface area contributed by atoms with Gasteiger partial charge in [0.25, 0.3) is 17.5 Å². The number of fused-ring (bicyclic) bond motifs is 2. The standard InChI is InChI=1S/C19H14BrN2O3/c1-11(22-18(23)14-8-4-5-9-15(14)19(22)24)17-16(20)13-7-3-2-6-12(13)10-21(17)25/h2-11,25H,1H3/q+1. The molecule has 6 heteroatoms. The number of amides is 2. The largest absolute Gasteiger partial charge is 0.285 e. The van der Waals surface area contributed by atoms with Gasteiger partial charge in [-0.15, -0.1) is 0 Å². The Bertz CT molecular complexity index is 1010. The fraction of sp³-hybridized carbons (Fsp3) is 0.105. The molecule has 0 saturated carbocycles. The van der Waals surface area contributed by atoms with Gasteiger partial charge < -0.3 is 0 Å². The molecule has 5 nitrogen and oxygen atoms in total. The van der Waals surface area contributed by atoms with Gasteiger partial charge in [0, 0.05) is 10.1 Å². The number of pyridine rings is 1. The van der Waals surface area contributed by atoms with Crippen LogP contribution in [0.15, 0.2) is 59.2 Å². The van der Waals surface area contributed by atoms with Gasteiger partial charge in [-0.3, -0.25) is 19.7 Å². The van der Waals surface area contributed by atoms with E-state index in [1.807, 2.05) is 24.3 Å². The van der Waals surface area contributed by atoms with Gasteiger partial charge in [0.05, 0.1) is 21.0 Å². The number of hydrogen-bond donors (Lipinski definition) is 1. The summed E-state index contributed by atoms with van der Waals surface area (Å²) >= 11 is 3.53. The highest BCUT2D eigenvalue weighted by atomic mass is 79.9. The lowest BCUT2D eigenvalue weighted by atomic mass is 10.1. The summed E-state index contributed by atoms with van der Waals surface area (Å²) in [5.41, 5.74) is 1.22. The molecule has 1 atom stereocenters. The minimum atomic E-state index is -0.642. The average Bonchev–Trinajstić information content (AvgIpc) is 2.86. The van der Waals surface area contributed by atoms with E-state index in [-0.39, 0.29) is 11.8 Å². The van der Waals surface area contributed by atoms with Crippen LogP contribution in [-0.4, -0.2) is 21.9 Å². The SMILES string of the molecule is CC(c1c(Br)c2ccccc2c[n+]1O)N1C(=O)c2ccccc2C1=O. The zero-order valence-electron chi connectivity index (χ0n) is 13.3. The Morgan fingerprint density at radius 3 is 2.20 bits per heavy atom. The zero-order chi connectivity index (χ0) is 17.7. The Morgan fingerprint density at radius 2 is 1.56 bits per heavy atom. The van der Waals surface area contributed by atoms with Crippen molar-refractivity contribution in [2.75, 3.05) is 0 Å². The van der Waals surface area contributed by atoms with Crippen LogP contribution in [0.5, 0.6) is 0 Å². The van der Waals surface area contributed by atoms with Gasteiger partial charge in [0.2, 0.25) is 6.20 Å². The van der Waals surface area contributed by atoms with Crippen LogP contribution in [0.25, 0.3) is 10.8 Å². The molecule has 0 spiro atoms. The van der Waals surface area contributed by atoms with E-state index in [1.54, 1.807) is 37.4 Å². The third-order valence-electron chi connectivity index (χ3n) is 4.54. The molecule has 1 aliphatic heterocycles. The second-order valence-corrected chi connectivity index (χ2v) is 6.76. The molecule has 0 fully saturated rings. The van der Waals surface area contributed by atoms with Gasteiger partial charge in [0.15, 0.2) is 0 Å². The van der Waals surface area contributed by atoms with Crippen LogP contribution in [0.3, 0.4) is 0 Å². The van der Waals surface area contributed by atoms with Crippen molar-refractivity contribution in [3.8, 4) is 0 Å². The lowest BCUT2D eigenvalue weighted by Crippen LogP contribution is -2.43. The molecule has 0 bridgehead atoms. The summed E-state index contributed by atoms with van der Waals surface area (Å²) in [4.78, 5) is 26.6. The number of halogens is 1. The van der Waals surface area contributed by atoms with Crippen molar-refractivity contribution in [3.05, 3.63) is 76.0 Å². The van der Waals surface area contributed by atoms with Crippen molar-refractivity contribution < 1.29 is 19.5 Å². The second kappa shape index (κ2) is 5.67. The monoisotopic (exact) mass is 397 g/mol. The van der Waals surface area contributed by atoms with Crippen molar-refractivity contribution in [3.63, 3.8) is 0 Å². The molecule has 1 aliphatic rings. The summed E-state index contributed by atoms with van der Waals surface area (Å²) in [6.07, 6.45) is 1.57. The molecule has 0 aliphatic carbocycles. The van der Waals surface area contributed by atoms with Crippen molar-refractivity contribution in [1.29, 1.82) is 0 Å². The first kappa shape index (κ1) is 15.8. The molecule has 4 rings (SSSR count). The van der Waals surface area contributed by atoms with Crippen LogP contribution in [0.4, 0.5) is 0 Å². The number of aromatic nitrogens is 1. The van der Waals surface area contributed by atoms with Crippen LogP contribution in [-0.2, 0) is 0 Å². The lowest BCUT2D eigenvalue weighted by Gasteiger charge is -2.20. The third kappa shape index (κ3) is 2.25. The molecular formula is C19H14BrN2O3+. The fourth-order valence-electron chi connectivity index (χ4n) is 3.31. The smallest absolute Gasteiger partial charge is 0.271 e. The third-order valence-corrected chi connectivity index (χ3v) is 5.37. The molecule has 2 heterocycles. The topological polar surface area (TPSA) is 61.5 Å². The summed E-state index contributed by atoms with van der Waals surface area (Å²) in [5.74, 6) is -0.707. The van der Waals surface area contributed by atoms with E-state index < -0.39 is 6.04 Å². The first-order valence-corrected chi connectivity index (χ1v) is 8.59. The molecule has 2 amide bonds. The van der Waals surface area contributed by atoms with Crippen LogP contribution in [0.1, 0.15) is 39.4 Å². The summed E-state index contributed by atoms with van der Waals surface area (Å²) in [6, 6.07) is 13.7. The minimum absolute atomic E-state index is 0.354. The van der Waals surface area contributed by atoms with E-state index in [2.05, 4.69) is 15.9 Å². The number of carbonyl (C=O) groups excluding carboxylic acids is 2. The molecule has 1 unspecified atom stereocenters. The maximum atomic E-state index is 12.7. The number of carbonyl (C=O) groups is 2. The van der Waals surface area contributed by atoms with Gasteiger partial charge in [-0.05, 0) is 41.1 Å². The van der Waals surface area contributed by atoms with Crippen molar-refractivity contribution in [2.24, 2.45) is 0 Å². The number of nitrogens with zero attached hydrogens (tertiary/aromatic N) is 2. The van der Waals surface area contributed by atoms with Crippen LogP contribution in [0.2, 0.25) is 0 Å². The Balaban J connectivity index is 1.85. The van der Waals surface area contributed by atoms with Gasteiger partial charge in [-0.2, -0.15) is 0 Å². The summed E-state index contributed by atoms with van der Waals surface area (Å²) in [6.45, 7) is 1.73. The van der Waals surface area contributed by atoms with Crippen molar-refractivity contribution in [1.82, 2.24) is 4.90 Å². The number of benzene rings is 2. The lowest BCUT2D eigenvalue weighted by molar-refractivity contribution is -0.910. The normalized spacial score (nSPS) is 14.9. The van der Waals surface area contributed by atoms with Gasteiger partial charge in [0.1, 0.15) is 6.04 Å². The maximum absolute atomic E-state index is 12.7. The van der Waals surface area contributed by atoms with Crippen LogP contribution >= 0.6 is 15.9 Å². The molecule has 1 N–H and O–H groups in total. The van der Waals surface area contributed by atoms with Crippen molar-refractivity contribution in [2.45, 2.75) is 13.0 Å².